The molecule has 1 atom stereocenters. The van der Waals surface area contributed by atoms with E-state index in [1.165, 1.54) is 0 Å². The van der Waals surface area contributed by atoms with Gasteiger partial charge < -0.3 is 15.4 Å². The molecule has 1 heterocycles. The smallest absolute Gasteiger partial charge is 0.326 e. The summed E-state index contributed by atoms with van der Waals surface area (Å²) < 4.78 is 1.83. The third kappa shape index (κ3) is 2.61. The largest absolute Gasteiger partial charge is 0.480 e. The van der Waals surface area contributed by atoms with Crippen LogP contribution in [0, 0.1) is 0 Å². The molecule has 5 nitrogen and oxygen atoms in total. The van der Waals surface area contributed by atoms with Crippen LogP contribution in [-0.2, 0) is 11.2 Å². The minimum atomic E-state index is -0.816. The van der Waals surface area contributed by atoms with Gasteiger partial charge in [0, 0.05) is 6.42 Å². The minimum absolute atomic E-state index is 0.460. The van der Waals surface area contributed by atoms with Crippen molar-refractivity contribution < 1.29 is 9.90 Å². The van der Waals surface area contributed by atoms with Crippen LogP contribution < -0.4 is 5.73 Å². The molecule has 0 bridgehead atoms. The molecule has 2 rings (SSSR count). The number of aliphatic carboxylic acids is 1. The van der Waals surface area contributed by atoms with Crippen LogP contribution in [0.4, 0.5) is 0 Å². The second-order valence-corrected chi connectivity index (χ2v) is 4.57. The predicted octanol–water partition coefficient (Wildman–Crippen LogP) is 1.96. The molecular formula is C14H19N3O2. The maximum Gasteiger partial charge on any atom is 0.326 e. The van der Waals surface area contributed by atoms with E-state index in [0.29, 0.717) is 19.4 Å². The monoisotopic (exact) mass is 261 g/mol. The molecule has 19 heavy (non-hydrogen) atoms. The van der Waals surface area contributed by atoms with E-state index < -0.39 is 12.0 Å². The molecule has 1 aromatic carbocycles. The first-order valence-electron chi connectivity index (χ1n) is 6.57. The number of aromatic nitrogens is 2. The highest BCUT2D eigenvalue weighted by Gasteiger charge is 2.23. The van der Waals surface area contributed by atoms with Crippen LogP contribution in [0.15, 0.2) is 24.3 Å². The zero-order chi connectivity index (χ0) is 13.8. The van der Waals surface area contributed by atoms with Gasteiger partial charge in [-0.3, -0.25) is 0 Å². The molecule has 1 aromatic heterocycles. The third-order valence-electron chi connectivity index (χ3n) is 3.20. The van der Waals surface area contributed by atoms with Crippen LogP contribution in [0.3, 0.4) is 0 Å². The van der Waals surface area contributed by atoms with Crippen molar-refractivity contribution in [3.8, 4) is 0 Å². The molecule has 5 heteroatoms. The second kappa shape index (κ2) is 5.84. The molecule has 0 spiro atoms. The standard InChI is InChI=1S/C14H19N3O2/c1-2-5-12(14(18)19)17-11-7-4-3-6-10(11)16-13(17)8-9-15/h3-4,6-7,12H,2,5,8-9,15H2,1H3,(H,18,19). The number of nitrogens with zero attached hydrogens (tertiary/aromatic N) is 2. The second-order valence-electron chi connectivity index (χ2n) is 4.57. The molecule has 0 saturated carbocycles. The molecule has 0 fully saturated rings. The third-order valence-corrected chi connectivity index (χ3v) is 3.20. The van der Waals surface area contributed by atoms with Gasteiger partial charge in [-0.25, -0.2) is 9.78 Å². The van der Waals surface area contributed by atoms with E-state index in [-0.39, 0.29) is 0 Å². The Kier molecular flexibility index (Phi) is 4.16. The number of benzene rings is 1. The van der Waals surface area contributed by atoms with Crippen molar-refractivity contribution in [2.45, 2.75) is 32.2 Å². The molecule has 3 N–H and O–H groups in total. The van der Waals surface area contributed by atoms with Crippen molar-refractivity contribution in [2.75, 3.05) is 6.54 Å². The van der Waals surface area contributed by atoms with E-state index >= 15 is 0 Å². The highest BCUT2D eigenvalue weighted by Crippen LogP contribution is 2.24. The Morgan fingerprint density at radius 3 is 2.84 bits per heavy atom. The Hall–Kier alpha value is -1.88. The number of para-hydroxylation sites is 2. The van der Waals surface area contributed by atoms with Gasteiger partial charge >= 0.3 is 5.97 Å². The Bertz CT molecular complexity index is 577. The molecule has 0 aliphatic heterocycles. The highest BCUT2D eigenvalue weighted by molar-refractivity contribution is 5.80. The average Bonchev–Trinajstić information content (AvgIpc) is 2.74. The molecule has 0 aliphatic carbocycles. The fraction of sp³-hybridized carbons (Fsp3) is 0.429. The number of hydrogen-bond acceptors (Lipinski definition) is 3. The summed E-state index contributed by atoms with van der Waals surface area (Å²) >= 11 is 0. The number of carbonyl (C=O) groups is 1. The topological polar surface area (TPSA) is 81.1 Å². The quantitative estimate of drug-likeness (QED) is 0.833. The number of rotatable bonds is 6. The maximum atomic E-state index is 11.5. The van der Waals surface area contributed by atoms with Crippen molar-refractivity contribution in [1.29, 1.82) is 0 Å². The van der Waals surface area contributed by atoms with E-state index in [4.69, 9.17) is 5.73 Å². The number of imidazole rings is 1. The Morgan fingerprint density at radius 2 is 2.21 bits per heavy atom. The van der Waals surface area contributed by atoms with E-state index in [1.54, 1.807) is 0 Å². The number of fused-ring (bicyclic) bond motifs is 1. The van der Waals surface area contributed by atoms with Crippen LogP contribution in [0.5, 0.6) is 0 Å². The molecule has 102 valence electrons. The van der Waals surface area contributed by atoms with Gasteiger partial charge in [0.15, 0.2) is 0 Å². The molecule has 0 radical (unpaired) electrons. The summed E-state index contributed by atoms with van der Waals surface area (Å²) in [6, 6.07) is 7.04. The summed E-state index contributed by atoms with van der Waals surface area (Å²) in [4.78, 5) is 16.0. The lowest BCUT2D eigenvalue weighted by atomic mass is 10.1. The SMILES string of the molecule is CCCC(C(=O)O)n1c(CCN)nc2ccccc21. The van der Waals surface area contributed by atoms with Crippen LogP contribution in [-0.4, -0.2) is 27.2 Å². The van der Waals surface area contributed by atoms with Crippen molar-refractivity contribution in [3.63, 3.8) is 0 Å². The fourth-order valence-electron chi connectivity index (χ4n) is 2.38. The summed E-state index contributed by atoms with van der Waals surface area (Å²) in [6.45, 7) is 2.44. The summed E-state index contributed by atoms with van der Waals surface area (Å²) in [5.74, 6) is -0.0622. The van der Waals surface area contributed by atoms with Gasteiger partial charge in [0.1, 0.15) is 11.9 Å². The summed E-state index contributed by atoms with van der Waals surface area (Å²) in [6.07, 6.45) is 1.99. The fourth-order valence-corrected chi connectivity index (χ4v) is 2.38. The molecule has 1 unspecified atom stereocenters. The lowest BCUT2D eigenvalue weighted by Crippen LogP contribution is -2.22. The molecule has 0 aliphatic rings. The number of nitrogens with two attached hydrogens (primary N) is 1. The van der Waals surface area contributed by atoms with Gasteiger partial charge in [-0.15, -0.1) is 0 Å². The van der Waals surface area contributed by atoms with Gasteiger partial charge in [-0.2, -0.15) is 0 Å². The minimum Gasteiger partial charge on any atom is -0.480 e. The first-order chi connectivity index (χ1) is 9.19. The van der Waals surface area contributed by atoms with Crippen molar-refractivity contribution in [1.82, 2.24) is 9.55 Å². The normalized spacial score (nSPS) is 12.7. The lowest BCUT2D eigenvalue weighted by molar-refractivity contribution is -0.141. The van der Waals surface area contributed by atoms with Gasteiger partial charge in [0.2, 0.25) is 0 Å². The molecule has 0 saturated heterocycles. The number of hydrogen-bond donors (Lipinski definition) is 2. The lowest BCUT2D eigenvalue weighted by Gasteiger charge is -2.17. The maximum absolute atomic E-state index is 11.5. The molecular weight excluding hydrogens is 242 g/mol. The van der Waals surface area contributed by atoms with Crippen molar-refractivity contribution in [3.05, 3.63) is 30.1 Å². The summed E-state index contributed by atoms with van der Waals surface area (Å²) in [7, 11) is 0. The van der Waals surface area contributed by atoms with Gasteiger partial charge in [0.25, 0.3) is 0 Å². The van der Waals surface area contributed by atoms with E-state index in [1.807, 2.05) is 35.8 Å². The zero-order valence-electron chi connectivity index (χ0n) is 11.0. The van der Waals surface area contributed by atoms with Crippen LogP contribution in [0.2, 0.25) is 0 Å². The summed E-state index contributed by atoms with van der Waals surface area (Å²) in [5.41, 5.74) is 7.30. The van der Waals surface area contributed by atoms with E-state index in [2.05, 4.69) is 4.98 Å². The molecule has 2 aromatic rings. The Morgan fingerprint density at radius 1 is 1.47 bits per heavy atom. The number of carboxylic acid groups (broad SMARTS) is 1. The van der Waals surface area contributed by atoms with Crippen molar-refractivity contribution >= 4 is 17.0 Å². The molecule has 0 amide bonds. The van der Waals surface area contributed by atoms with Gasteiger partial charge in [-0.1, -0.05) is 25.5 Å². The van der Waals surface area contributed by atoms with Crippen LogP contribution >= 0.6 is 0 Å². The number of carboxylic acids is 1. The zero-order valence-corrected chi connectivity index (χ0v) is 11.0. The summed E-state index contributed by atoms with van der Waals surface area (Å²) in [5, 5.41) is 9.45. The first kappa shape index (κ1) is 13.5. The van der Waals surface area contributed by atoms with Crippen LogP contribution in [0.1, 0.15) is 31.6 Å². The Labute approximate surface area is 112 Å². The van der Waals surface area contributed by atoms with Crippen molar-refractivity contribution in [2.24, 2.45) is 5.73 Å². The predicted molar refractivity (Wildman–Crippen MR) is 74.1 cm³/mol. The average molecular weight is 261 g/mol. The van der Waals surface area contributed by atoms with Gasteiger partial charge in [-0.05, 0) is 25.1 Å². The van der Waals surface area contributed by atoms with E-state index in [0.717, 1.165) is 23.3 Å². The highest BCUT2D eigenvalue weighted by atomic mass is 16.4. The Balaban J connectivity index is 2.59. The van der Waals surface area contributed by atoms with Gasteiger partial charge in [0.05, 0.1) is 11.0 Å². The first-order valence-corrected chi connectivity index (χ1v) is 6.57. The van der Waals surface area contributed by atoms with E-state index in [9.17, 15) is 9.90 Å². The van der Waals surface area contributed by atoms with Crippen LogP contribution in [0.25, 0.3) is 11.0 Å².